The Labute approximate surface area is 145 Å². The fourth-order valence-corrected chi connectivity index (χ4v) is 3.62. The third kappa shape index (κ3) is 4.15. The predicted octanol–water partition coefficient (Wildman–Crippen LogP) is 3.65. The molecular weight excluding hydrogens is 331 g/mol. The highest BCUT2D eigenvalue weighted by molar-refractivity contribution is 5.81. The van der Waals surface area contributed by atoms with E-state index in [-0.39, 0.29) is 17.6 Å². The van der Waals surface area contributed by atoms with Crippen LogP contribution in [0, 0.1) is 6.92 Å². The number of nitrogens with one attached hydrogen (secondary N) is 1. The monoisotopic (exact) mass is 355 g/mol. The summed E-state index contributed by atoms with van der Waals surface area (Å²) in [7, 11) is 0. The maximum absolute atomic E-state index is 13.3. The average Bonchev–Trinajstić information content (AvgIpc) is 2.95. The zero-order chi connectivity index (χ0) is 18.0. The van der Waals surface area contributed by atoms with Crippen LogP contribution in [-0.2, 0) is 12.7 Å². The van der Waals surface area contributed by atoms with Crippen LogP contribution in [-0.4, -0.2) is 33.3 Å². The van der Waals surface area contributed by atoms with E-state index in [0.717, 1.165) is 19.4 Å². The molecule has 0 amide bonds. The van der Waals surface area contributed by atoms with Gasteiger partial charge < -0.3 is 15.0 Å². The molecule has 3 rings (SSSR count). The van der Waals surface area contributed by atoms with Gasteiger partial charge in [-0.2, -0.15) is 13.2 Å². The van der Waals surface area contributed by atoms with Crippen LogP contribution in [0.3, 0.4) is 0 Å². The van der Waals surface area contributed by atoms with E-state index >= 15 is 0 Å². The minimum absolute atomic E-state index is 0.0475. The normalized spacial score (nSPS) is 20.1. The third-order valence-corrected chi connectivity index (χ3v) is 4.95. The van der Waals surface area contributed by atoms with Crippen molar-refractivity contribution in [2.45, 2.75) is 63.9 Å². The second-order valence-electron chi connectivity index (χ2n) is 6.90. The van der Waals surface area contributed by atoms with Gasteiger partial charge in [0, 0.05) is 6.04 Å². The lowest BCUT2D eigenvalue weighted by Gasteiger charge is -2.24. The zero-order valence-corrected chi connectivity index (χ0v) is 14.3. The Morgan fingerprint density at radius 2 is 2.16 bits per heavy atom. The summed E-state index contributed by atoms with van der Waals surface area (Å²) in [6.45, 7) is 2.71. The smallest absolute Gasteiger partial charge is 0.391 e. The molecule has 1 aliphatic rings. The van der Waals surface area contributed by atoms with Gasteiger partial charge in [0.1, 0.15) is 5.52 Å². The van der Waals surface area contributed by atoms with Crippen LogP contribution in [0.5, 0.6) is 0 Å². The maximum Gasteiger partial charge on any atom is 0.418 e. The van der Waals surface area contributed by atoms with Crippen molar-refractivity contribution >= 4 is 11.0 Å². The molecule has 0 radical (unpaired) electrons. The van der Waals surface area contributed by atoms with E-state index in [9.17, 15) is 18.3 Å². The van der Waals surface area contributed by atoms with E-state index in [0.29, 0.717) is 18.0 Å². The first kappa shape index (κ1) is 18.2. The van der Waals surface area contributed by atoms with E-state index in [4.69, 9.17) is 0 Å². The van der Waals surface area contributed by atoms with Gasteiger partial charge in [0.25, 0.3) is 0 Å². The van der Waals surface area contributed by atoms with Crippen LogP contribution in [0.1, 0.15) is 43.2 Å². The minimum Gasteiger partial charge on any atom is -0.391 e. The standard InChI is InChI=1S/C18H24F3N3O/c1-12-5-8-15-17(16(12)18(19,20)21)23-11-24(15)10-14(25)7-6-13-4-2-3-9-22-13/h5,8,11,13-14,22,25H,2-4,6-7,9-10H2,1H3/t13-,14?/m0/s1. The molecule has 138 valence electrons. The number of hydrogen-bond donors (Lipinski definition) is 2. The molecule has 2 atom stereocenters. The number of hydrogen-bond acceptors (Lipinski definition) is 3. The highest BCUT2D eigenvalue weighted by Crippen LogP contribution is 2.36. The molecule has 1 aromatic carbocycles. The largest absolute Gasteiger partial charge is 0.418 e. The number of fused-ring (bicyclic) bond motifs is 1. The molecule has 0 saturated carbocycles. The Bertz CT molecular complexity index is 720. The van der Waals surface area contributed by atoms with Crippen LogP contribution < -0.4 is 5.32 Å². The molecule has 4 nitrogen and oxygen atoms in total. The van der Waals surface area contributed by atoms with Gasteiger partial charge in [-0.25, -0.2) is 4.98 Å². The van der Waals surface area contributed by atoms with Crippen molar-refractivity contribution in [3.63, 3.8) is 0 Å². The number of alkyl halides is 3. The molecule has 1 fully saturated rings. The van der Waals surface area contributed by atoms with Crippen LogP contribution in [0.2, 0.25) is 0 Å². The summed E-state index contributed by atoms with van der Waals surface area (Å²) in [5, 5.41) is 13.7. The summed E-state index contributed by atoms with van der Waals surface area (Å²) in [5.41, 5.74) is -0.166. The molecule has 7 heteroatoms. The van der Waals surface area contributed by atoms with Gasteiger partial charge in [0.15, 0.2) is 0 Å². The maximum atomic E-state index is 13.3. The van der Waals surface area contributed by atoms with E-state index in [1.165, 1.54) is 32.2 Å². The van der Waals surface area contributed by atoms with Crippen molar-refractivity contribution in [3.05, 3.63) is 29.6 Å². The number of benzene rings is 1. The number of aryl methyl sites for hydroxylation is 1. The Balaban J connectivity index is 1.71. The summed E-state index contributed by atoms with van der Waals surface area (Å²) in [6, 6.07) is 3.53. The van der Waals surface area contributed by atoms with E-state index in [1.807, 2.05) is 0 Å². The Hall–Kier alpha value is -1.60. The molecule has 25 heavy (non-hydrogen) atoms. The van der Waals surface area contributed by atoms with Gasteiger partial charge in [0.2, 0.25) is 0 Å². The number of aliphatic hydroxyl groups excluding tert-OH is 1. The number of aromatic nitrogens is 2. The molecular formula is C18H24F3N3O. The van der Waals surface area contributed by atoms with E-state index in [1.54, 1.807) is 10.6 Å². The lowest BCUT2D eigenvalue weighted by molar-refractivity contribution is -0.136. The zero-order valence-electron chi connectivity index (χ0n) is 14.3. The lowest BCUT2D eigenvalue weighted by Crippen LogP contribution is -2.34. The molecule has 1 aliphatic heterocycles. The van der Waals surface area contributed by atoms with Crippen molar-refractivity contribution in [2.75, 3.05) is 6.54 Å². The summed E-state index contributed by atoms with van der Waals surface area (Å²) in [5.74, 6) is 0. The second kappa shape index (κ2) is 7.33. The predicted molar refractivity (Wildman–Crippen MR) is 90.4 cm³/mol. The van der Waals surface area contributed by atoms with E-state index < -0.39 is 17.8 Å². The van der Waals surface area contributed by atoms with Gasteiger partial charge in [-0.3, -0.25) is 0 Å². The van der Waals surface area contributed by atoms with Gasteiger partial charge in [-0.15, -0.1) is 0 Å². The first-order valence-corrected chi connectivity index (χ1v) is 8.79. The van der Waals surface area contributed by atoms with Gasteiger partial charge in [0.05, 0.1) is 30.1 Å². The fraction of sp³-hybridized carbons (Fsp3) is 0.611. The molecule has 2 N–H and O–H groups in total. The number of rotatable bonds is 5. The topological polar surface area (TPSA) is 50.1 Å². The molecule has 1 aromatic heterocycles. The van der Waals surface area contributed by atoms with Gasteiger partial charge >= 0.3 is 6.18 Å². The molecule has 2 heterocycles. The van der Waals surface area contributed by atoms with Crippen molar-refractivity contribution in [1.82, 2.24) is 14.9 Å². The summed E-state index contributed by atoms with van der Waals surface area (Å²) < 4.78 is 41.4. The number of halogens is 3. The fourth-order valence-electron chi connectivity index (χ4n) is 3.62. The van der Waals surface area contributed by atoms with Crippen molar-refractivity contribution < 1.29 is 18.3 Å². The number of imidazole rings is 1. The molecule has 2 aromatic rings. The van der Waals surface area contributed by atoms with E-state index in [2.05, 4.69) is 10.3 Å². The Morgan fingerprint density at radius 1 is 1.36 bits per heavy atom. The van der Waals surface area contributed by atoms with Crippen molar-refractivity contribution in [3.8, 4) is 0 Å². The average molecular weight is 355 g/mol. The molecule has 1 saturated heterocycles. The number of piperidine rings is 1. The van der Waals surface area contributed by atoms with Gasteiger partial charge in [-0.05, 0) is 50.8 Å². The number of aliphatic hydroxyl groups is 1. The Kier molecular flexibility index (Phi) is 5.34. The molecule has 0 aliphatic carbocycles. The first-order chi connectivity index (χ1) is 11.9. The molecule has 1 unspecified atom stereocenters. The van der Waals surface area contributed by atoms with Crippen molar-refractivity contribution in [1.29, 1.82) is 0 Å². The SMILES string of the molecule is Cc1ccc2c(ncn2CC(O)CC[C@@H]2CCCCN2)c1C(F)(F)F. The highest BCUT2D eigenvalue weighted by Gasteiger charge is 2.35. The molecule has 0 bridgehead atoms. The second-order valence-corrected chi connectivity index (χ2v) is 6.90. The highest BCUT2D eigenvalue weighted by atomic mass is 19.4. The third-order valence-electron chi connectivity index (χ3n) is 4.95. The minimum atomic E-state index is -4.44. The quantitative estimate of drug-likeness (QED) is 0.861. The van der Waals surface area contributed by atoms with Crippen LogP contribution in [0.4, 0.5) is 13.2 Å². The first-order valence-electron chi connectivity index (χ1n) is 8.79. The Morgan fingerprint density at radius 3 is 2.84 bits per heavy atom. The summed E-state index contributed by atoms with van der Waals surface area (Å²) >= 11 is 0. The van der Waals surface area contributed by atoms with Crippen LogP contribution in [0.15, 0.2) is 18.5 Å². The van der Waals surface area contributed by atoms with Gasteiger partial charge in [-0.1, -0.05) is 12.5 Å². The number of nitrogens with zero attached hydrogens (tertiary/aromatic N) is 2. The molecule has 0 spiro atoms. The van der Waals surface area contributed by atoms with Crippen LogP contribution >= 0.6 is 0 Å². The summed E-state index contributed by atoms with van der Waals surface area (Å²) in [4.78, 5) is 3.97. The summed E-state index contributed by atoms with van der Waals surface area (Å²) in [6.07, 6.45) is 1.37. The van der Waals surface area contributed by atoms with Crippen molar-refractivity contribution in [2.24, 2.45) is 0 Å². The van der Waals surface area contributed by atoms with Crippen LogP contribution in [0.25, 0.3) is 11.0 Å². The lowest BCUT2D eigenvalue weighted by atomic mass is 9.99.